The zero-order valence-electron chi connectivity index (χ0n) is 18.0. The van der Waals surface area contributed by atoms with Gasteiger partial charge in [-0.3, -0.25) is 4.99 Å². The van der Waals surface area contributed by atoms with E-state index in [1.807, 2.05) is 20.8 Å². The van der Waals surface area contributed by atoms with Crippen LogP contribution in [0.15, 0.2) is 4.99 Å². The second kappa shape index (κ2) is 11.5. The SMILES string of the molecule is CN=C(NCCCOCC1CCOC1)NC1CCCN(C(=O)OC(C)(C)C)C1. The molecular weight excluding hydrogens is 360 g/mol. The smallest absolute Gasteiger partial charge is 0.410 e. The zero-order valence-corrected chi connectivity index (χ0v) is 18.0. The van der Waals surface area contributed by atoms with Crippen LogP contribution in [0.1, 0.15) is 46.5 Å². The first-order valence-corrected chi connectivity index (χ1v) is 10.5. The van der Waals surface area contributed by atoms with Crippen LogP contribution in [0.2, 0.25) is 0 Å². The van der Waals surface area contributed by atoms with Crippen LogP contribution in [-0.2, 0) is 14.2 Å². The van der Waals surface area contributed by atoms with E-state index in [9.17, 15) is 4.79 Å². The highest BCUT2D eigenvalue weighted by Gasteiger charge is 2.28. The van der Waals surface area contributed by atoms with Crippen LogP contribution >= 0.6 is 0 Å². The second-order valence-electron chi connectivity index (χ2n) is 8.57. The Kier molecular flexibility index (Phi) is 9.31. The number of nitrogens with zero attached hydrogens (tertiary/aromatic N) is 2. The van der Waals surface area contributed by atoms with E-state index in [2.05, 4.69) is 15.6 Å². The van der Waals surface area contributed by atoms with E-state index in [1.165, 1.54) is 0 Å². The second-order valence-corrected chi connectivity index (χ2v) is 8.57. The number of rotatable bonds is 7. The molecule has 2 aliphatic heterocycles. The predicted octanol–water partition coefficient (Wildman–Crippen LogP) is 1.99. The molecule has 1 amide bonds. The third-order valence-corrected chi connectivity index (χ3v) is 4.77. The fraction of sp³-hybridized carbons (Fsp3) is 0.900. The van der Waals surface area contributed by atoms with Gasteiger partial charge in [0.05, 0.1) is 13.2 Å². The van der Waals surface area contributed by atoms with Crippen molar-refractivity contribution >= 4 is 12.1 Å². The molecule has 2 atom stereocenters. The molecule has 0 bridgehead atoms. The first-order chi connectivity index (χ1) is 13.4. The molecule has 0 radical (unpaired) electrons. The summed E-state index contributed by atoms with van der Waals surface area (Å²) in [5.74, 6) is 1.32. The first-order valence-electron chi connectivity index (χ1n) is 10.5. The average molecular weight is 399 g/mol. The van der Waals surface area contributed by atoms with Crippen LogP contribution in [-0.4, -0.2) is 81.7 Å². The molecular formula is C20H38N4O4. The first kappa shape index (κ1) is 22.7. The maximum absolute atomic E-state index is 12.3. The van der Waals surface area contributed by atoms with Gasteiger partial charge in [-0.15, -0.1) is 0 Å². The summed E-state index contributed by atoms with van der Waals surface area (Å²) in [6.45, 7) is 11.0. The number of amides is 1. The number of nitrogens with one attached hydrogen (secondary N) is 2. The Balaban J connectivity index is 1.62. The van der Waals surface area contributed by atoms with Crippen molar-refractivity contribution in [1.29, 1.82) is 0 Å². The minimum Gasteiger partial charge on any atom is -0.444 e. The van der Waals surface area contributed by atoms with E-state index in [0.29, 0.717) is 12.5 Å². The van der Waals surface area contributed by atoms with Crippen molar-refractivity contribution in [3.8, 4) is 0 Å². The van der Waals surface area contributed by atoms with Crippen LogP contribution in [0.25, 0.3) is 0 Å². The van der Waals surface area contributed by atoms with Crippen molar-refractivity contribution in [2.45, 2.75) is 58.1 Å². The molecule has 8 heteroatoms. The lowest BCUT2D eigenvalue weighted by Gasteiger charge is -2.35. The Morgan fingerprint density at radius 2 is 2.14 bits per heavy atom. The molecule has 162 valence electrons. The lowest BCUT2D eigenvalue weighted by molar-refractivity contribution is 0.0193. The molecule has 2 heterocycles. The number of ether oxygens (including phenoxy) is 3. The van der Waals surface area contributed by atoms with E-state index < -0.39 is 5.60 Å². The molecule has 0 aromatic carbocycles. The molecule has 0 spiro atoms. The van der Waals surface area contributed by atoms with E-state index in [4.69, 9.17) is 14.2 Å². The maximum atomic E-state index is 12.3. The largest absolute Gasteiger partial charge is 0.444 e. The van der Waals surface area contributed by atoms with Crippen LogP contribution in [0.3, 0.4) is 0 Å². The summed E-state index contributed by atoms with van der Waals surface area (Å²) in [6.07, 6.45) is 3.74. The number of hydrogen-bond donors (Lipinski definition) is 2. The van der Waals surface area contributed by atoms with E-state index in [-0.39, 0.29) is 12.1 Å². The van der Waals surface area contributed by atoms with E-state index in [0.717, 1.165) is 71.2 Å². The molecule has 0 saturated carbocycles. The van der Waals surface area contributed by atoms with Gasteiger partial charge in [-0.05, 0) is 46.5 Å². The van der Waals surface area contributed by atoms with Crippen LogP contribution in [0, 0.1) is 5.92 Å². The number of carbonyl (C=O) groups is 1. The Bertz CT molecular complexity index is 501. The van der Waals surface area contributed by atoms with Gasteiger partial charge in [0.25, 0.3) is 0 Å². The van der Waals surface area contributed by atoms with Gasteiger partial charge in [-0.2, -0.15) is 0 Å². The number of likely N-dealkylation sites (tertiary alicyclic amines) is 1. The van der Waals surface area contributed by atoms with Crippen molar-refractivity contribution < 1.29 is 19.0 Å². The zero-order chi connectivity index (χ0) is 20.4. The number of hydrogen-bond acceptors (Lipinski definition) is 5. The lowest BCUT2D eigenvalue weighted by Crippen LogP contribution is -2.53. The van der Waals surface area contributed by atoms with Gasteiger partial charge >= 0.3 is 6.09 Å². The van der Waals surface area contributed by atoms with Gasteiger partial charge in [0, 0.05) is 51.9 Å². The summed E-state index contributed by atoms with van der Waals surface area (Å²) in [5, 5.41) is 6.75. The van der Waals surface area contributed by atoms with Gasteiger partial charge in [0.15, 0.2) is 5.96 Å². The quantitative estimate of drug-likeness (QED) is 0.388. The maximum Gasteiger partial charge on any atom is 0.410 e. The van der Waals surface area contributed by atoms with Gasteiger partial charge < -0.3 is 29.7 Å². The molecule has 8 nitrogen and oxygen atoms in total. The van der Waals surface area contributed by atoms with Gasteiger partial charge in [-0.25, -0.2) is 4.79 Å². The predicted molar refractivity (Wildman–Crippen MR) is 110 cm³/mol. The number of piperidine rings is 1. The number of carbonyl (C=O) groups excluding carboxylic acids is 1. The highest BCUT2D eigenvalue weighted by molar-refractivity contribution is 5.80. The Labute approximate surface area is 169 Å². The molecule has 2 saturated heterocycles. The monoisotopic (exact) mass is 398 g/mol. The highest BCUT2D eigenvalue weighted by atomic mass is 16.6. The van der Waals surface area contributed by atoms with Gasteiger partial charge in [0.1, 0.15) is 5.60 Å². The lowest BCUT2D eigenvalue weighted by atomic mass is 10.1. The van der Waals surface area contributed by atoms with Crippen molar-refractivity contribution in [3.05, 3.63) is 0 Å². The fourth-order valence-electron chi connectivity index (χ4n) is 3.32. The summed E-state index contributed by atoms with van der Waals surface area (Å²) < 4.78 is 16.6. The fourth-order valence-corrected chi connectivity index (χ4v) is 3.32. The molecule has 2 rings (SSSR count). The Morgan fingerprint density at radius 3 is 2.82 bits per heavy atom. The molecule has 2 unspecified atom stereocenters. The summed E-state index contributed by atoms with van der Waals surface area (Å²) in [5.41, 5.74) is -0.470. The molecule has 2 N–H and O–H groups in total. The van der Waals surface area contributed by atoms with Crippen molar-refractivity contribution in [1.82, 2.24) is 15.5 Å². The van der Waals surface area contributed by atoms with Crippen LogP contribution in [0.5, 0.6) is 0 Å². The minimum atomic E-state index is -0.470. The van der Waals surface area contributed by atoms with E-state index >= 15 is 0 Å². The van der Waals surface area contributed by atoms with Crippen molar-refractivity contribution in [3.63, 3.8) is 0 Å². The van der Waals surface area contributed by atoms with Crippen LogP contribution < -0.4 is 10.6 Å². The van der Waals surface area contributed by atoms with Crippen molar-refractivity contribution in [2.24, 2.45) is 10.9 Å². The van der Waals surface area contributed by atoms with E-state index in [1.54, 1.807) is 11.9 Å². The summed E-state index contributed by atoms with van der Waals surface area (Å²) >= 11 is 0. The third kappa shape index (κ3) is 8.65. The van der Waals surface area contributed by atoms with Crippen LogP contribution in [0.4, 0.5) is 4.79 Å². The Morgan fingerprint density at radius 1 is 1.32 bits per heavy atom. The molecule has 2 fully saturated rings. The summed E-state index contributed by atoms with van der Waals surface area (Å²) in [4.78, 5) is 18.4. The average Bonchev–Trinajstić information content (AvgIpc) is 3.16. The molecule has 2 aliphatic rings. The Hall–Kier alpha value is -1.54. The van der Waals surface area contributed by atoms with Gasteiger partial charge in [0.2, 0.25) is 0 Å². The minimum absolute atomic E-state index is 0.172. The standard InChI is InChI=1S/C20H38N4O4/c1-20(2,3)28-19(25)24-10-5-7-17(13-24)23-18(21-4)22-9-6-11-26-14-16-8-12-27-15-16/h16-17H,5-15H2,1-4H3,(H2,21,22,23). The molecule has 28 heavy (non-hydrogen) atoms. The number of aliphatic imine (C=N–C) groups is 1. The number of guanidine groups is 1. The summed E-state index contributed by atoms with van der Waals surface area (Å²) in [7, 11) is 1.76. The topological polar surface area (TPSA) is 84.4 Å². The van der Waals surface area contributed by atoms with Gasteiger partial charge in [-0.1, -0.05) is 0 Å². The van der Waals surface area contributed by atoms with Crippen molar-refractivity contribution in [2.75, 3.05) is 53.1 Å². The molecule has 0 aromatic heterocycles. The normalized spacial score (nSPS) is 23.6. The molecule has 0 aromatic rings. The highest BCUT2D eigenvalue weighted by Crippen LogP contribution is 2.15. The summed E-state index contributed by atoms with van der Waals surface area (Å²) in [6, 6.07) is 0.172. The molecule has 0 aliphatic carbocycles. The third-order valence-electron chi connectivity index (χ3n) is 4.77.